The van der Waals surface area contributed by atoms with E-state index in [2.05, 4.69) is 22.3 Å². The summed E-state index contributed by atoms with van der Waals surface area (Å²) in [6, 6.07) is 11.3. The molecule has 0 saturated carbocycles. The lowest BCUT2D eigenvalue weighted by atomic mass is 10.1. The first-order valence-corrected chi connectivity index (χ1v) is 9.00. The van der Waals surface area contributed by atoms with Crippen molar-refractivity contribution in [1.82, 2.24) is 20.1 Å². The van der Waals surface area contributed by atoms with Crippen molar-refractivity contribution in [3.05, 3.63) is 76.3 Å². The first-order chi connectivity index (χ1) is 12.6. The average Bonchev–Trinajstić information content (AvgIpc) is 2.97. The van der Waals surface area contributed by atoms with Crippen LogP contribution in [0.2, 0.25) is 5.02 Å². The number of hydrogen-bond donors (Lipinski definition) is 1. The quantitative estimate of drug-likeness (QED) is 0.712. The molecular weight excluding hydrogens is 348 g/mol. The molecule has 6 heteroatoms. The molecular formula is C20H21ClN4O. The fourth-order valence-electron chi connectivity index (χ4n) is 2.90. The zero-order chi connectivity index (χ0) is 18.5. The Kier molecular flexibility index (Phi) is 5.68. The fourth-order valence-corrected chi connectivity index (χ4v) is 3.11. The van der Waals surface area contributed by atoms with Gasteiger partial charge in [-0.25, -0.2) is 4.68 Å². The Hall–Kier alpha value is -2.66. The standard InChI is InChI=1S/C20H21ClN4O/c1-3-7-17-19(20(26)23-13-15-8-6-11-22-12-15)14(2)25(24-17)18-10-5-4-9-16(18)21/h4-6,8-12H,3,7,13H2,1-2H3,(H,23,26). The molecule has 3 aromatic rings. The Morgan fingerprint density at radius 2 is 2.04 bits per heavy atom. The number of carbonyl (C=O) groups is 1. The van der Waals surface area contributed by atoms with Crippen LogP contribution in [0.1, 0.15) is 40.7 Å². The van der Waals surface area contributed by atoms with Gasteiger partial charge in [-0.2, -0.15) is 5.10 Å². The van der Waals surface area contributed by atoms with Gasteiger partial charge in [-0.1, -0.05) is 43.1 Å². The summed E-state index contributed by atoms with van der Waals surface area (Å²) in [5.41, 5.74) is 3.92. The molecule has 0 atom stereocenters. The van der Waals surface area contributed by atoms with Crippen molar-refractivity contribution >= 4 is 17.5 Å². The molecule has 1 aromatic carbocycles. The van der Waals surface area contributed by atoms with Crippen LogP contribution in [-0.4, -0.2) is 20.7 Å². The predicted octanol–water partition coefficient (Wildman–Crippen LogP) is 4.11. The van der Waals surface area contributed by atoms with Crippen LogP contribution in [0, 0.1) is 6.92 Å². The van der Waals surface area contributed by atoms with Crippen molar-refractivity contribution < 1.29 is 4.79 Å². The van der Waals surface area contributed by atoms with Gasteiger partial charge in [0.15, 0.2) is 0 Å². The summed E-state index contributed by atoms with van der Waals surface area (Å²) in [6.45, 7) is 4.39. The number of nitrogens with zero attached hydrogens (tertiary/aromatic N) is 3. The van der Waals surface area contributed by atoms with Crippen LogP contribution in [0.5, 0.6) is 0 Å². The van der Waals surface area contributed by atoms with Gasteiger partial charge in [-0.05, 0) is 37.1 Å². The molecule has 0 aliphatic heterocycles. The molecule has 2 aromatic heterocycles. The number of pyridine rings is 1. The second kappa shape index (κ2) is 8.15. The third-order valence-electron chi connectivity index (χ3n) is 4.16. The van der Waals surface area contributed by atoms with Gasteiger partial charge in [0.1, 0.15) is 0 Å². The molecule has 3 rings (SSSR count). The molecule has 134 valence electrons. The average molecular weight is 369 g/mol. The van der Waals surface area contributed by atoms with Gasteiger partial charge >= 0.3 is 0 Å². The highest BCUT2D eigenvalue weighted by atomic mass is 35.5. The molecule has 2 heterocycles. The van der Waals surface area contributed by atoms with Crippen molar-refractivity contribution in [2.45, 2.75) is 33.2 Å². The van der Waals surface area contributed by atoms with E-state index in [0.717, 1.165) is 35.5 Å². The molecule has 0 fully saturated rings. The van der Waals surface area contributed by atoms with Crippen LogP contribution in [0.25, 0.3) is 5.69 Å². The highest BCUT2D eigenvalue weighted by molar-refractivity contribution is 6.32. The number of halogens is 1. The Morgan fingerprint density at radius 1 is 1.23 bits per heavy atom. The van der Waals surface area contributed by atoms with Crippen LogP contribution in [0.15, 0.2) is 48.8 Å². The third-order valence-corrected chi connectivity index (χ3v) is 4.48. The molecule has 5 nitrogen and oxygen atoms in total. The van der Waals surface area contributed by atoms with E-state index in [4.69, 9.17) is 11.6 Å². The zero-order valence-electron chi connectivity index (χ0n) is 14.9. The van der Waals surface area contributed by atoms with Crippen molar-refractivity contribution in [3.8, 4) is 5.69 Å². The Morgan fingerprint density at radius 3 is 2.73 bits per heavy atom. The molecule has 1 N–H and O–H groups in total. The lowest BCUT2D eigenvalue weighted by Crippen LogP contribution is -2.24. The number of benzene rings is 1. The maximum atomic E-state index is 12.8. The van der Waals surface area contributed by atoms with E-state index >= 15 is 0 Å². The monoisotopic (exact) mass is 368 g/mol. The number of rotatable bonds is 6. The van der Waals surface area contributed by atoms with Crippen molar-refractivity contribution in [3.63, 3.8) is 0 Å². The van der Waals surface area contributed by atoms with Crippen molar-refractivity contribution in [2.75, 3.05) is 0 Å². The third kappa shape index (κ3) is 3.78. The Balaban J connectivity index is 1.92. The number of aromatic nitrogens is 3. The topological polar surface area (TPSA) is 59.8 Å². The number of carbonyl (C=O) groups excluding carboxylic acids is 1. The molecule has 0 aliphatic carbocycles. The minimum Gasteiger partial charge on any atom is -0.348 e. The van der Waals surface area contributed by atoms with Crippen LogP contribution in [0.4, 0.5) is 0 Å². The Bertz CT molecular complexity index is 905. The van der Waals surface area contributed by atoms with E-state index in [1.54, 1.807) is 17.1 Å². The zero-order valence-corrected chi connectivity index (χ0v) is 15.6. The van der Waals surface area contributed by atoms with Crippen LogP contribution in [-0.2, 0) is 13.0 Å². The van der Waals surface area contributed by atoms with Gasteiger partial charge in [0.05, 0.1) is 27.7 Å². The summed E-state index contributed by atoms with van der Waals surface area (Å²) >= 11 is 6.32. The first-order valence-electron chi connectivity index (χ1n) is 8.62. The maximum absolute atomic E-state index is 12.8. The second-order valence-electron chi connectivity index (χ2n) is 6.06. The highest BCUT2D eigenvalue weighted by Gasteiger charge is 2.22. The summed E-state index contributed by atoms with van der Waals surface area (Å²) in [7, 11) is 0. The minimum atomic E-state index is -0.131. The Labute approximate surface area is 158 Å². The summed E-state index contributed by atoms with van der Waals surface area (Å²) in [4.78, 5) is 16.9. The molecule has 0 bridgehead atoms. The highest BCUT2D eigenvalue weighted by Crippen LogP contribution is 2.24. The van der Waals surface area contributed by atoms with E-state index in [9.17, 15) is 4.79 Å². The summed E-state index contributed by atoms with van der Waals surface area (Å²) in [5.74, 6) is -0.131. The van der Waals surface area contributed by atoms with Gasteiger partial charge in [-0.15, -0.1) is 0 Å². The number of amides is 1. The van der Waals surface area contributed by atoms with Gasteiger partial charge in [-0.3, -0.25) is 9.78 Å². The predicted molar refractivity (Wildman–Crippen MR) is 103 cm³/mol. The maximum Gasteiger partial charge on any atom is 0.255 e. The number of nitrogens with one attached hydrogen (secondary N) is 1. The van der Waals surface area contributed by atoms with E-state index in [0.29, 0.717) is 17.1 Å². The van der Waals surface area contributed by atoms with Crippen LogP contribution >= 0.6 is 11.6 Å². The van der Waals surface area contributed by atoms with Gasteiger partial charge in [0.25, 0.3) is 5.91 Å². The molecule has 1 amide bonds. The largest absolute Gasteiger partial charge is 0.348 e. The smallest absolute Gasteiger partial charge is 0.255 e. The van der Waals surface area contributed by atoms with Gasteiger partial charge in [0, 0.05) is 18.9 Å². The summed E-state index contributed by atoms with van der Waals surface area (Å²) in [5, 5.41) is 8.24. The minimum absolute atomic E-state index is 0.131. The lowest BCUT2D eigenvalue weighted by Gasteiger charge is -2.08. The molecule has 0 unspecified atom stereocenters. The van der Waals surface area contributed by atoms with E-state index in [1.165, 1.54) is 0 Å². The van der Waals surface area contributed by atoms with Gasteiger partial charge in [0.2, 0.25) is 0 Å². The second-order valence-corrected chi connectivity index (χ2v) is 6.47. The molecule has 0 saturated heterocycles. The summed E-state index contributed by atoms with van der Waals surface area (Å²) in [6.07, 6.45) is 5.09. The number of aryl methyl sites for hydroxylation is 1. The SMILES string of the molecule is CCCc1nn(-c2ccccc2Cl)c(C)c1C(=O)NCc1cccnc1. The lowest BCUT2D eigenvalue weighted by molar-refractivity contribution is 0.0949. The van der Waals surface area contributed by atoms with Crippen molar-refractivity contribution in [1.29, 1.82) is 0 Å². The molecule has 0 radical (unpaired) electrons. The van der Waals surface area contributed by atoms with E-state index in [1.807, 2.05) is 43.3 Å². The fraction of sp³-hybridized carbons (Fsp3) is 0.250. The number of para-hydroxylation sites is 1. The van der Waals surface area contributed by atoms with Crippen LogP contribution in [0.3, 0.4) is 0 Å². The van der Waals surface area contributed by atoms with Gasteiger partial charge < -0.3 is 5.32 Å². The van der Waals surface area contributed by atoms with Crippen molar-refractivity contribution in [2.24, 2.45) is 0 Å². The molecule has 26 heavy (non-hydrogen) atoms. The number of hydrogen-bond acceptors (Lipinski definition) is 3. The molecule has 0 aliphatic rings. The van der Waals surface area contributed by atoms with E-state index in [-0.39, 0.29) is 5.91 Å². The van der Waals surface area contributed by atoms with E-state index < -0.39 is 0 Å². The molecule has 0 spiro atoms. The first kappa shape index (κ1) is 18.1. The summed E-state index contributed by atoms with van der Waals surface area (Å²) < 4.78 is 1.76. The normalized spacial score (nSPS) is 10.7. The van der Waals surface area contributed by atoms with Crippen LogP contribution < -0.4 is 5.32 Å².